The molecule has 1 aliphatic heterocycles. The van der Waals surface area contributed by atoms with Crippen LogP contribution >= 0.6 is 0 Å². The zero-order valence-electron chi connectivity index (χ0n) is 17.8. The third kappa shape index (κ3) is 5.48. The first-order chi connectivity index (χ1) is 15.8. The number of furan rings is 1. The fourth-order valence-corrected chi connectivity index (χ4v) is 3.20. The molecule has 1 aromatic carbocycles. The molecule has 2 heterocycles. The van der Waals surface area contributed by atoms with Gasteiger partial charge in [0.2, 0.25) is 0 Å². The van der Waals surface area contributed by atoms with Crippen LogP contribution in [0, 0.1) is 0 Å². The number of hydrogen-bond acceptors (Lipinski definition) is 7. The first kappa shape index (κ1) is 23.3. The number of hydrogen-bond donors (Lipinski definition) is 2. The molecule has 33 heavy (non-hydrogen) atoms. The van der Waals surface area contributed by atoms with Crippen molar-refractivity contribution >= 4 is 29.9 Å². The maximum atomic E-state index is 12.9. The molecule has 0 saturated carbocycles. The van der Waals surface area contributed by atoms with Gasteiger partial charge in [-0.05, 0) is 49.2 Å². The molecule has 0 spiro atoms. The lowest BCUT2D eigenvalue weighted by Gasteiger charge is -2.25. The highest BCUT2D eigenvalue weighted by Gasteiger charge is 2.36. The van der Waals surface area contributed by atoms with Gasteiger partial charge in [-0.2, -0.15) is 0 Å². The molecule has 0 bridgehead atoms. The second-order valence-corrected chi connectivity index (χ2v) is 6.90. The van der Waals surface area contributed by atoms with Crippen molar-refractivity contribution in [3.8, 4) is 11.5 Å². The summed E-state index contributed by atoms with van der Waals surface area (Å²) in [6, 6.07) is 5.52. The molecule has 3 rings (SSSR count). The van der Waals surface area contributed by atoms with Gasteiger partial charge in [-0.3, -0.25) is 19.8 Å². The number of allylic oxidation sites excluding steroid dienone is 1. The number of urea groups is 1. The molecule has 1 aliphatic rings. The second-order valence-electron chi connectivity index (χ2n) is 6.90. The Morgan fingerprint density at radius 1 is 1.27 bits per heavy atom. The van der Waals surface area contributed by atoms with Crippen LogP contribution in [0.25, 0.3) is 6.08 Å². The molecular weight excluding hydrogens is 432 g/mol. The molecule has 2 aromatic rings. The highest BCUT2D eigenvalue weighted by atomic mass is 16.5. The number of barbiturate groups is 1. The van der Waals surface area contributed by atoms with Crippen molar-refractivity contribution in [2.45, 2.75) is 19.9 Å². The SMILES string of the molecule is C=CCc1cc(C=C2C(=O)NC(=O)N(Cc3ccco3)C2=O)cc(OCC)c1OCC(=O)O. The van der Waals surface area contributed by atoms with Gasteiger partial charge in [0.1, 0.15) is 11.3 Å². The Morgan fingerprint density at radius 3 is 2.70 bits per heavy atom. The number of rotatable bonds is 10. The third-order valence-corrected chi connectivity index (χ3v) is 4.55. The number of aliphatic carboxylic acids is 1. The van der Waals surface area contributed by atoms with E-state index in [0.717, 1.165) is 4.90 Å². The average molecular weight is 454 g/mol. The summed E-state index contributed by atoms with van der Waals surface area (Å²) in [7, 11) is 0. The van der Waals surface area contributed by atoms with E-state index in [9.17, 15) is 19.2 Å². The highest BCUT2D eigenvalue weighted by Crippen LogP contribution is 2.35. The van der Waals surface area contributed by atoms with Crippen LogP contribution in [-0.2, 0) is 27.3 Å². The average Bonchev–Trinajstić information content (AvgIpc) is 3.27. The van der Waals surface area contributed by atoms with Gasteiger partial charge in [-0.25, -0.2) is 9.59 Å². The quantitative estimate of drug-likeness (QED) is 0.318. The number of nitrogens with one attached hydrogen (secondary N) is 1. The summed E-state index contributed by atoms with van der Waals surface area (Å²) >= 11 is 0. The standard InChI is InChI=1S/C23H22N2O8/c1-3-6-15-9-14(11-18(31-4-2)20(15)33-13-19(26)27)10-17-21(28)24-23(30)25(22(17)29)12-16-7-5-8-32-16/h3,5,7-11H,1,4,6,12-13H2,2H3,(H,26,27)(H,24,28,30). The zero-order chi connectivity index (χ0) is 24.0. The van der Waals surface area contributed by atoms with Crippen molar-refractivity contribution in [3.05, 3.63) is 65.6 Å². The molecule has 1 aromatic heterocycles. The molecule has 172 valence electrons. The first-order valence-electron chi connectivity index (χ1n) is 10.0. The van der Waals surface area contributed by atoms with Crippen molar-refractivity contribution < 1.29 is 38.2 Å². The Balaban J connectivity index is 2.00. The summed E-state index contributed by atoms with van der Waals surface area (Å²) in [4.78, 5) is 49.4. The van der Waals surface area contributed by atoms with E-state index in [1.54, 1.807) is 31.2 Å². The Labute approximate surface area is 189 Å². The van der Waals surface area contributed by atoms with Crippen molar-refractivity contribution in [1.82, 2.24) is 10.2 Å². The van der Waals surface area contributed by atoms with E-state index >= 15 is 0 Å². The number of carboxylic acid groups (broad SMARTS) is 1. The van der Waals surface area contributed by atoms with Gasteiger partial charge in [-0.15, -0.1) is 6.58 Å². The Hall–Kier alpha value is -4.34. The fraction of sp³-hybridized carbons (Fsp3) is 0.217. The molecule has 0 radical (unpaired) electrons. The maximum absolute atomic E-state index is 12.9. The summed E-state index contributed by atoms with van der Waals surface area (Å²) in [5.41, 5.74) is 0.715. The minimum atomic E-state index is -1.15. The molecule has 10 nitrogen and oxygen atoms in total. The molecule has 1 saturated heterocycles. The Morgan fingerprint density at radius 2 is 2.06 bits per heavy atom. The van der Waals surface area contributed by atoms with Crippen LogP contribution in [0.15, 0.2) is 53.2 Å². The highest BCUT2D eigenvalue weighted by molar-refractivity contribution is 6.30. The van der Waals surface area contributed by atoms with Gasteiger partial charge in [0.15, 0.2) is 18.1 Å². The number of carbonyl (C=O) groups excluding carboxylic acids is 3. The van der Waals surface area contributed by atoms with Crippen molar-refractivity contribution in [2.75, 3.05) is 13.2 Å². The predicted molar refractivity (Wildman–Crippen MR) is 115 cm³/mol. The van der Waals surface area contributed by atoms with Crippen molar-refractivity contribution in [2.24, 2.45) is 0 Å². The van der Waals surface area contributed by atoms with Gasteiger partial charge in [0.25, 0.3) is 11.8 Å². The normalized spacial score (nSPS) is 14.9. The van der Waals surface area contributed by atoms with E-state index in [4.69, 9.17) is 19.0 Å². The number of carboxylic acids is 1. The number of benzene rings is 1. The summed E-state index contributed by atoms with van der Waals surface area (Å²) in [5.74, 6) is -1.92. The topological polar surface area (TPSA) is 135 Å². The van der Waals surface area contributed by atoms with Crippen LogP contribution in [-0.4, -0.2) is 47.0 Å². The van der Waals surface area contributed by atoms with Gasteiger partial charge in [0.05, 0.1) is 19.4 Å². The molecule has 0 aliphatic carbocycles. The van der Waals surface area contributed by atoms with Crippen LogP contribution in [0.1, 0.15) is 23.8 Å². The summed E-state index contributed by atoms with van der Waals surface area (Å²) < 4.78 is 16.2. The Bertz CT molecular complexity index is 1120. The van der Waals surface area contributed by atoms with Gasteiger partial charge < -0.3 is 19.0 Å². The van der Waals surface area contributed by atoms with Gasteiger partial charge in [0, 0.05) is 5.56 Å². The Kier molecular flexibility index (Phi) is 7.29. The van der Waals surface area contributed by atoms with Crippen LogP contribution in [0.2, 0.25) is 0 Å². The van der Waals surface area contributed by atoms with Gasteiger partial charge in [-0.1, -0.05) is 6.08 Å². The summed E-state index contributed by atoms with van der Waals surface area (Å²) in [5, 5.41) is 11.1. The van der Waals surface area contributed by atoms with E-state index in [1.165, 1.54) is 18.4 Å². The van der Waals surface area contributed by atoms with Crippen LogP contribution in [0.3, 0.4) is 0 Å². The second kappa shape index (κ2) is 10.3. The monoisotopic (exact) mass is 454 g/mol. The number of imide groups is 2. The lowest BCUT2D eigenvalue weighted by atomic mass is 10.0. The first-order valence-corrected chi connectivity index (χ1v) is 10.0. The van der Waals surface area contributed by atoms with Gasteiger partial charge >= 0.3 is 12.0 Å². The van der Waals surface area contributed by atoms with E-state index in [-0.39, 0.29) is 30.2 Å². The van der Waals surface area contributed by atoms with E-state index in [0.29, 0.717) is 23.3 Å². The lowest BCUT2D eigenvalue weighted by molar-refractivity contribution is -0.139. The molecule has 4 amide bonds. The van der Waals surface area contributed by atoms with Crippen molar-refractivity contribution in [3.63, 3.8) is 0 Å². The maximum Gasteiger partial charge on any atom is 0.341 e. The summed E-state index contributed by atoms with van der Waals surface area (Å²) in [6.45, 7) is 4.99. The zero-order valence-corrected chi connectivity index (χ0v) is 17.8. The van der Waals surface area contributed by atoms with Crippen molar-refractivity contribution in [1.29, 1.82) is 0 Å². The van der Waals surface area contributed by atoms with Crippen LogP contribution in [0.5, 0.6) is 11.5 Å². The molecule has 1 fully saturated rings. The fourth-order valence-electron chi connectivity index (χ4n) is 3.20. The molecule has 0 atom stereocenters. The molecule has 2 N–H and O–H groups in total. The number of carbonyl (C=O) groups is 4. The van der Waals surface area contributed by atoms with Crippen LogP contribution < -0.4 is 14.8 Å². The van der Waals surface area contributed by atoms with E-state index < -0.39 is 30.4 Å². The molecule has 0 unspecified atom stereocenters. The molecular formula is C23H22N2O8. The number of amides is 4. The minimum Gasteiger partial charge on any atom is -0.490 e. The third-order valence-electron chi connectivity index (χ3n) is 4.55. The molecule has 10 heteroatoms. The minimum absolute atomic E-state index is 0.143. The predicted octanol–water partition coefficient (Wildman–Crippen LogP) is 2.53. The summed E-state index contributed by atoms with van der Waals surface area (Å²) in [6.07, 6.45) is 4.65. The number of ether oxygens (including phenoxy) is 2. The smallest absolute Gasteiger partial charge is 0.341 e. The number of nitrogens with zero attached hydrogens (tertiary/aromatic N) is 1. The lowest BCUT2D eigenvalue weighted by Crippen LogP contribution is -2.53. The largest absolute Gasteiger partial charge is 0.490 e. The van der Waals surface area contributed by atoms with E-state index in [1.807, 2.05) is 0 Å². The van der Waals surface area contributed by atoms with E-state index in [2.05, 4.69) is 11.9 Å². The van der Waals surface area contributed by atoms with Crippen LogP contribution in [0.4, 0.5) is 4.79 Å².